The number of amides is 3. The molecule has 1 aromatic heterocycles. The molecule has 1 aliphatic carbocycles. The minimum absolute atomic E-state index is 0.154. The molecule has 11 nitrogen and oxygen atoms in total. The van der Waals surface area contributed by atoms with Gasteiger partial charge in [-0.05, 0) is 82.4 Å². The van der Waals surface area contributed by atoms with Gasteiger partial charge >= 0.3 is 11.8 Å². The van der Waals surface area contributed by atoms with E-state index in [1.807, 2.05) is 36.3 Å². The molecule has 4 aliphatic rings. The Morgan fingerprint density at radius 1 is 0.860 bits per heavy atom. The monoisotopic (exact) mass is 594 g/mol. The number of ether oxygens (including phenoxy) is 1. The Morgan fingerprint density at radius 3 is 2.19 bits per heavy atom. The first-order valence-corrected chi connectivity index (χ1v) is 16.0. The van der Waals surface area contributed by atoms with Gasteiger partial charge in [0.1, 0.15) is 11.6 Å². The summed E-state index contributed by atoms with van der Waals surface area (Å²) in [6, 6.07) is 5.54. The summed E-state index contributed by atoms with van der Waals surface area (Å²) in [6.45, 7) is 13.8. The summed E-state index contributed by atoms with van der Waals surface area (Å²) < 4.78 is 9.01. The van der Waals surface area contributed by atoms with Crippen LogP contribution in [0.1, 0.15) is 70.9 Å². The largest absolute Gasteiger partial charge is 0.444 e. The van der Waals surface area contributed by atoms with Crippen molar-refractivity contribution in [3.05, 3.63) is 34.2 Å². The smallest absolute Gasteiger partial charge is 0.410 e. The fraction of sp³-hybridized carbons (Fsp3) is 0.688. The molecule has 11 heteroatoms. The Labute approximate surface area is 253 Å². The van der Waals surface area contributed by atoms with E-state index < -0.39 is 11.6 Å². The Hall–Kier alpha value is -3.18. The zero-order valence-corrected chi connectivity index (χ0v) is 25.8. The fourth-order valence-electron chi connectivity index (χ4n) is 6.77. The molecule has 3 saturated heterocycles. The first-order valence-electron chi connectivity index (χ1n) is 16.0. The molecule has 4 heterocycles. The Morgan fingerprint density at radius 2 is 1.53 bits per heavy atom. The molecule has 0 radical (unpaired) electrons. The lowest BCUT2D eigenvalue weighted by molar-refractivity contribution is -0.135. The number of piperidine rings is 2. The van der Waals surface area contributed by atoms with E-state index in [0.29, 0.717) is 24.8 Å². The number of carbonyl (C=O) groups excluding carboxylic acids is 3. The predicted molar refractivity (Wildman–Crippen MR) is 163 cm³/mol. The van der Waals surface area contributed by atoms with E-state index in [1.165, 1.54) is 5.56 Å². The molecule has 1 atom stereocenters. The molecule has 1 saturated carbocycles. The SMILES string of the molecule is CC(C)(C)OC(=O)N1CCC(CN2CCN(Cc3ccc4c(c3)n(CC3CC3)c(=O)n4C3CCC(=O)NC3=O)CC2)CC1. The Balaban J connectivity index is 1.05. The average molecular weight is 595 g/mol. The first-order chi connectivity index (χ1) is 20.5. The highest BCUT2D eigenvalue weighted by molar-refractivity contribution is 6.00. The third-order valence-electron chi connectivity index (χ3n) is 9.34. The number of carbonyl (C=O) groups is 3. The highest BCUT2D eigenvalue weighted by Gasteiger charge is 2.33. The van der Waals surface area contributed by atoms with E-state index in [-0.39, 0.29) is 30.0 Å². The van der Waals surface area contributed by atoms with Crippen molar-refractivity contribution >= 4 is 28.9 Å². The van der Waals surface area contributed by atoms with Crippen LogP contribution in [0.2, 0.25) is 0 Å². The van der Waals surface area contributed by atoms with Gasteiger partial charge in [0, 0.05) is 65.3 Å². The van der Waals surface area contributed by atoms with Gasteiger partial charge in [-0.2, -0.15) is 0 Å². The summed E-state index contributed by atoms with van der Waals surface area (Å²) in [4.78, 5) is 57.3. The van der Waals surface area contributed by atoms with Crippen LogP contribution in [0.3, 0.4) is 0 Å². The number of hydrogen-bond acceptors (Lipinski definition) is 7. The Kier molecular flexibility index (Phi) is 8.39. The van der Waals surface area contributed by atoms with Crippen molar-refractivity contribution in [2.24, 2.45) is 11.8 Å². The maximum absolute atomic E-state index is 13.6. The second-order valence-corrected chi connectivity index (χ2v) is 14.0. The molecular weight excluding hydrogens is 548 g/mol. The second kappa shape index (κ2) is 12.1. The molecule has 234 valence electrons. The minimum atomic E-state index is -0.656. The number of piperazine rings is 1. The molecule has 2 aromatic rings. The van der Waals surface area contributed by atoms with Crippen LogP contribution in [0.4, 0.5) is 4.79 Å². The lowest BCUT2D eigenvalue weighted by Crippen LogP contribution is -2.49. The van der Waals surface area contributed by atoms with E-state index in [0.717, 1.165) is 89.1 Å². The van der Waals surface area contributed by atoms with Crippen molar-refractivity contribution in [1.82, 2.24) is 29.2 Å². The number of imidazole rings is 1. The molecule has 1 N–H and O–H groups in total. The number of benzene rings is 1. The number of rotatable bonds is 7. The number of nitrogens with one attached hydrogen (secondary N) is 1. The second-order valence-electron chi connectivity index (χ2n) is 14.0. The summed E-state index contributed by atoms with van der Waals surface area (Å²) in [5, 5.41) is 2.41. The van der Waals surface area contributed by atoms with Crippen molar-refractivity contribution in [3.63, 3.8) is 0 Å². The number of aromatic nitrogens is 2. The van der Waals surface area contributed by atoms with Gasteiger partial charge in [0.25, 0.3) is 0 Å². The number of fused-ring (bicyclic) bond motifs is 1. The van der Waals surface area contributed by atoms with Crippen molar-refractivity contribution in [2.75, 3.05) is 45.8 Å². The van der Waals surface area contributed by atoms with Gasteiger partial charge in [-0.25, -0.2) is 9.59 Å². The molecule has 6 rings (SSSR count). The predicted octanol–water partition coefficient (Wildman–Crippen LogP) is 2.96. The number of imide groups is 1. The third kappa shape index (κ3) is 6.98. The highest BCUT2D eigenvalue weighted by Crippen LogP contribution is 2.32. The van der Waals surface area contributed by atoms with E-state index in [4.69, 9.17) is 4.74 Å². The van der Waals surface area contributed by atoms with Gasteiger partial charge in [-0.1, -0.05) is 6.07 Å². The zero-order chi connectivity index (χ0) is 30.3. The summed E-state index contributed by atoms with van der Waals surface area (Å²) in [5.41, 5.74) is 2.21. The molecule has 1 aromatic carbocycles. The lowest BCUT2D eigenvalue weighted by atomic mass is 9.96. The van der Waals surface area contributed by atoms with Crippen molar-refractivity contribution < 1.29 is 19.1 Å². The normalized spacial score (nSPS) is 23.1. The molecule has 0 spiro atoms. The first kappa shape index (κ1) is 29.9. The maximum atomic E-state index is 13.6. The van der Waals surface area contributed by atoms with Crippen LogP contribution in [0.25, 0.3) is 11.0 Å². The van der Waals surface area contributed by atoms with Gasteiger partial charge in [0.2, 0.25) is 11.8 Å². The topological polar surface area (TPSA) is 109 Å². The molecule has 4 fully saturated rings. The summed E-state index contributed by atoms with van der Waals surface area (Å²) in [5.74, 6) is 0.449. The molecule has 3 amide bonds. The molecular formula is C32H46N6O5. The van der Waals surface area contributed by atoms with Crippen molar-refractivity contribution in [1.29, 1.82) is 0 Å². The van der Waals surface area contributed by atoms with E-state index in [2.05, 4.69) is 27.2 Å². The summed E-state index contributed by atoms with van der Waals surface area (Å²) >= 11 is 0. The van der Waals surface area contributed by atoms with E-state index in [9.17, 15) is 19.2 Å². The van der Waals surface area contributed by atoms with Gasteiger partial charge in [0.15, 0.2) is 0 Å². The molecule has 1 unspecified atom stereocenters. The third-order valence-corrected chi connectivity index (χ3v) is 9.34. The summed E-state index contributed by atoms with van der Waals surface area (Å²) in [6.07, 6.45) is 4.68. The number of nitrogens with zero attached hydrogens (tertiary/aromatic N) is 5. The van der Waals surface area contributed by atoms with Crippen molar-refractivity contribution in [3.8, 4) is 0 Å². The van der Waals surface area contributed by atoms with E-state index in [1.54, 1.807) is 4.57 Å². The number of likely N-dealkylation sites (tertiary alicyclic amines) is 1. The quantitative estimate of drug-likeness (QED) is 0.491. The van der Waals surface area contributed by atoms with Gasteiger partial charge in [-0.15, -0.1) is 0 Å². The van der Waals surface area contributed by atoms with Gasteiger partial charge < -0.3 is 14.5 Å². The Bertz CT molecular complexity index is 1420. The van der Waals surface area contributed by atoms with Crippen LogP contribution in [-0.4, -0.2) is 93.2 Å². The molecule has 0 bridgehead atoms. The van der Waals surface area contributed by atoms with Crippen LogP contribution in [0.5, 0.6) is 0 Å². The minimum Gasteiger partial charge on any atom is -0.444 e. The van der Waals surface area contributed by atoms with Crippen LogP contribution in [0.15, 0.2) is 23.0 Å². The van der Waals surface area contributed by atoms with Gasteiger partial charge in [-0.3, -0.25) is 28.9 Å². The highest BCUT2D eigenvalue weighted by atomic mass is 16.6. The van der Waals surface area contributed by atoms with Gasteiger partial charge in [0.05, 0.1) is 11.0 Å². The number of hydrogen-bond donors (Lipinski definition) is 1. The zero-order valence-electron chi connectivity index (χ0n) is 25.8. The average Bonchev–Trinajstić information content (AvgIpc) is 3.74. The maximum Gasteiger partial charge on any atom is 0.410 e. The van der Waals surface area contributed by atoms with Crippen LogP contribution in [0, 0.1) is 11.8 Å². The summed E-state index contributed by atoms with van der Waals surface area (Å²) in [7, 11) is 0. The van der Waals surface area contributed by atoms with E-state index >= 15 is 0 Å². The standard InChI is InChI=1S/C32H46N6O5/c1-32(2,3)43-31(42)36-12-10-23(11-13-36)19-34-14-16-35(17-15-34)20-24-6-7-25-27(18-24)37(21-22-4-5-22)30(41)38(25)26-8-9-28(39)33-29(26)40/h6-7,18,22-23,26H,4-5,8-17,19-21H2,1-3H3,(H,33,39,40). The van der Waals surface area contributed by atoms with Crippen LogP contribution in [-0.2, 0) is 27.4 Å². The van der Waals surface area contributed by atoms with Crippen molar-refractivity contribution in [2.45, 2.75) is 84.0 Å². The lowest BCUT2D eigenvalue weighted by Gasteiger charge is -2.39. The fourth-order valence-corrected chi connectivity index (χ4v) is 6.77. The molecule has 3 aliphatic heterocycles. The molecule has 43 heavy (non-hydrogen) atoms. The van der Waals surface area contributed by atoms with Crippen LogP contribution < -0.4 is 11.0 Å². The van der Waals surface area contributed by atoms with Crippen LogP contribution >= 0.6 is 0 Å².